The molecule has 0 radical (unpaired) electrons. The molecule has 2 aromatic carbocycles. The molecule has 2 aromatic rings. The molecule has 3 rings (SSSR count). The molecule has 0 amide bonds. The van der Waals surface area contributed by atoms with Gasteiger partial charge in [0.05, 0.1) is 26.8 Å². The molecule has 1 fully saturated rings. The minimum Gasteiger partial charge on any atom is -0.367 e. The van der Waals surface area contributed by atoms with Crippen molar-refractivity contribution in [3.63, 3.8) is 0 Å². The van der Waals surface area contributed by atoms with Gasteiger partial charge in [0.2, 0.25) is 0 Å². The topological polar surface area (TPSA) is 108 Å². The van der Waals surface area contributed by atoms with E-state index < -0.39 is 14.8 Å². The van der Waals surface area contributed by atoms with Crippen LogP contribution in [0.5, 0.6) is 0 Å². The number of non-ortho nitro benzene ring substituents is 1. The SMILES string of the molecule is CS(=O)(=O)c1cc([N+](=O)[O-])ccc1N1CCN(c2ccccc2C#N)CC1. The van der Waals surface area contributed by atoms with Gasteiger partial charge in [0.25, 0.3) is 5.69 Å². The van der Waals surface area contributed by atoms with Crippen molar-refractivity contribution in [2.75, 3.05) is 42.2 Å². The molecule has 1 aliphatic rings. The van der Waals surface area contributed by atoms with E-state index in [4.69, 9.17) is 0 Å². The van der Waals surface area contributed by atoms with Gasteiger partial charge in [-0.05, 0) is 18.2 Å². The average molecular weight is 386 g/mol. The van der Waals surface area contributed by atoms with Gasteiger partial charge in [0.1, 0.15) is 6.07 Å². The molecule has 1 aliphatic heterocycles. The Balaban J connectivity index is 1.86. The van der Waals surface area contributed by atoms with Crippen LogP contribution in [0.4, 0.5) is 17.1 Å². The Morgan fingerprint density at radius 2 is 1.63 bits per heavy atom. The van der Waals surface area contributed by atoms with E-state index in [0.29, 0.717) is 37.4 Å². The molecular formula is C18H18N4O4S. The van der Waals surface area contributed by atoms with Crippen LogP contribution < -0.4 is 9.80 Å². The first-order valence-electron chi connectivity index (χ1n) is 8.29. The molecule has 0 atom stereocenters. The number of anilines is 2. The fourth-order valence-corrected chi connectivity index (χ4v) is 4.12. The third kappa shape index (κ3) is 3.85. The predicted octanol–water partition coefficient (Wildman–Crippen LogP) is 2.20. The molecule has 0 saturated carbocycles. The zero-order chi connectivity index (χ0) is 19.6. The lowest BCUT2D eigenvalue weighted by Crippen LogP contribution is -2.47. The van der Waals surface area contributed by atoms with Crippen LogP contribution in [0.2, 0.25) is 0 Å². The second-order valence-corrected chi connectivity index (χ2v) is 8.27. The molecule has 0 N–H and O–H groups in total. The molecule has 0 spiro atoms. The first kappa shape index (κ1) is 18.7. The molecule has 9 heteroatoms. The van der Waals surface area contributed by atoms with Crippen LogP contribution in [0.25, 0.3) is 0 Å². The smallest absolute Gasteiger partial charge is 0.270 e. The van der Waals surface area contributed by atoms with E-state index in [1.54, 1.807) is 6.07 Å². The Bertz CT molecular complexity index is 1020. The summed E-state index contributed by atoms with van der Waals surface area (Å²) in [6.07, 6.45) is 1.05. The first-order valence-corrected chi connectivity index (χ1v) is 10.2. The molecule has 140 valence electrons. The van der Waals surface area contributed by atoms with E-state index in [1.165, 1.54) is 12.1 Å². The summed E-state index contributed by atoms with van der Waals surface area (Å²) < 4.78 is 24.3. The maximum Gasteiger partial charge on any atom is 0.270 e. The first-order chi connectivity index (χ1) is 12.8. The highest BCUT2D eigenvalue weighted by Crippen LogP contribution is 2.31. The molecular weight excluding hydrogens is 368 g/mol. The monoisotopic (exact) mass is 386 g/mol. The number of rotatable bonds is 4. The fraction of sp³-hybridized carbons (Fsp3) is 0.278. The Kier molecular flexibility index (Phi) is 5.01. The lowest BCUT2D eigenvalue weighted by atomic mass is 10.1. The third-order valence-electron chi connectivity index (χ3n) is 4.54. The van der Waals surface area contributed by atoms with Gasteiger partial charge in [-0.15, -0.1) is 0 Å². The van der Waals surface area contributed by atoms with Crippen molar-refractivity contribution in [2.45, 2.75) is 4.90 Å². The van der Waals surface area contributed by atoms with E-state index in [0.717, 1.165) is 18.0 Å². The van der Waals surface area contributed by atoms with Gasteiger partial charge in [-0.2, -0.15) is 5.26 Å². The molecule has 8 nitrogen and oxygen atoms in total. The van der Waals surface area contributed by atoms with Gasteiger partial charge in [0, 0.05) is 44.6 Å². The standard InChI is InChI=1S/C18H18N4O4S/c1-27(25,26)18-12-15(22(23)24)6-7-17(18)21-10-8-20(9-11-21)16-5-3-2-4-14(16)13-19/h2-7,12H,8-11H2,1H3. The summed E-state index contributed by atoms with van der Waals surface area (Å²) in [6, 6.07) is 13.5. The van der Waals surface area contributed by atoms with E-state index in [1.807, 2.05) is 23.1 Å². The number of piperazine rings is 1. The van der Waals surface area contributed by atoms with Crippen molar-refractivity contribution in [1.29, 1.82) is 5.26 Å². The second-order valence-electron chi connectivity index (χ2n) is 6.28. The van der Waals surface area contributed by atoms with Crippen LogP contribution in [0.1, 0.15) is 5.56 Å². The maximum absolute atomic E-state index is 12.1. The summed E-state index contributed by atoms with van der Waals surface area (Å²) in [6.45, 7) is 2.30. The summed E-state index contributed by atoms with van der Waals surface area (Å²) in [4.78, 5) is 14.3. The van der Waals surface area contributed by atoms with E-state index >= 15 is 0 Å². The Labute approximate surface area is 157 Å². The number of hydrogen-bond acceptors (Lipinski definition) is 7. The third-order valence-corrected chi connectivity index (χ3v) is 5.67. The molecule has 1 heterocycles. The van der Waals surface area contributed by atoms with Gasteiger partial charge in [-0.1, -0.05) is 12.1 Å². The minimum absolute atomic E-state index is 0.0393. The van der Waals surface area contributed by atoms with Gasteiger partial charge in [-0.3, -0.25) is 10.1 Å². The van der Waals surface area contributed by atoms with Crippen LogP contribution in [0, 0.1) is 21.4 Å². The predicted molar refractivity (Wildman–Crippen MR) is 102 cm³/mol. The lowest BCUT2D eigenvalue weighted by molar-refractivity contribution is -0.385. The van der Waals surface area contributed by atoms with E-state index in [-0.39, 0.29) is 10.6 Å². The maximum atomic E-state index is 12.1. The van der Waals surface area contributed by atoms with Crippen molar-refractivity contribution in [3.05, 3.63) is 58.1 Å². The largest absolute Gasteiger partial charge is 0.367 e. The summed E-state index contributed by atoms with van der Waals surface area (Å²) in [5, 5.41) is 20.3. The zero-order valence-electron chi connectivity index (χ0n) is 14.7. The van der Waals surface area contributed by atoms with Crippen LogP contribution in [0.3, 0.4) is 0 Å². The summed E-state index contributed by atoms with van der Waals surface area (Å²) >= 11 is 0. The number of nitrogens with zero attached hydrogens (tertiary/aromatic N) is 4. The molecule has 0 aromatic heterocycles. The van der Waals surface area contributed by atoms with Crippen LogP contribution >= 0.6 is 0 Å². The fourth-order valence-electron chi connectivity index (χ4n) is 3.21. The number of nitro benzene ring substituents is 1. The number of sulfone groups is 1. The van der Waals surface area contributed by atoms with E-state index in [9.17, 15) is 23.8 Å². The molecule has 27 heavy (non-hydrogen) atoms. The van der Waals surface area contributed by atoms with Crippen molar-refractivity contribution < 1.29 is 13.3 Å². The number of hydrogen-bond donors (Lipinski definition) is 0. The van der Waals surface area contributed by atoms with Crippen molar-refractivity contribution >= 4 is 26.9 Å². The van der Waals surface area contributed by atoms with E-state index in [2.05, 4.69) is 11.0 Å². The van der Waals surface area contributed by atoms with Crippen molar-refractivity contribution in [2.24, 2.45) is 0 Å². The minimum atomic E-state index is -3.62. The number of nitriles is 1. The lowest BCUT2D eigenvalue weighted by Gasteiger charge is -2.38. The number of nitro groups is 1. The van der Waals surface area contributed by atoms with Crippen LogP contribution in [0.15, 0.2) is 47.4 Å². The summed E-state index contributed by atoms with van der Waals surface area (Å²) in [5.41, 5.74) is 1.67. The quantitative estimate of drug-likeness (QED) is 0.585. The number of benzene rings is 2. The van der Waals surface area contributed by atoms with Crippen molar-refractivity contribution in [3.8, 4) is 6.07 Å². The molecule has 1 saturated heterocycles. The second kappa shape index (κ2) is 7.25. The highest BCUT2D eigenvalue weighted by atomic mass is 32.2. The summed E-state index contributed by atoms with van der Waals surface area (Å²) in [7, 11) is -3.62. The van der Waals surface area contributed by atoms with Gasteiger partial charge in [-0.25, -0.2) is 8.42 Å². The number of para-hydroxylation sites is 1. The Morgan fingerprint density at radius 3 is 2.19 bits per heavy atom. The van der Waals surface area contributed by atoms with Crippen molar-refractivity contribution in [1.82, 2.24) is 0 Å². The highest BCUT2D eigenvalue weighted by Gasteiger charge is 2.25. The zero-order valence-corrected chi connectivity index (χ0v) is 15.5. The highest BCUT2D eigenvalue weighted by molar-refractivity contribution is 7.90. The van der Waals surface area contributed by atoms with Crippen LogP contribution in [-0.4, -0.2) is 45.8 Å². The van der Waals surface area contributed by atoms with Gasteiger partial charge < -0.3 is 9.80 Å². The molecule has 0 unspecified atom stereocenters. The average Bonchev–Trinajstić information content (AvgIpc) is 2.67. The summed E-state index contributed by atoms with van der Waals surface area (Å²) in [5.74, 6) is 0. The Morgan fingerprint density at radius 1 is 1.04 bits per heavy atom. The molecule has 0 aliphatic carbocycles. The Hall–Kier alpha value is -3.12. The van der Waals surface area contributed by atoms with Gasteiger partial charge >= 0.3 is 0 Å². The van der Waals surface area contributed by atoms with Gasteiger partial charge in [0.15, 0.2) is 9.84 Å². The van der Waals surface area contributed by atoms with Crippen LogP contribution in [-0.2, 0) is 9.84 Å². The normalized spacial score (nSPS) is 14.7. The molecule has 0 bridgehead atoms.